The molecule has 0 saturated heterocycles. The van der Waals surface area contributed by atoms with Gasteiger partial charge in [0.2, 0.25) is 0 Å². The van der Waals surface area contributed by atoms with E-state index >= 15 is 0 Å². The lowest BCUT2D eigenvalue weighted by atomic mass is 10.1. The summed E-state index contributed by atoms with van der Waals surface area (Å²) in [5.41, 5.74) is 1.62. The van der Waals surface area contributed by atoms with Crippen molar-refractivity contribution in [2.75, 3.05) is 12.9 Å². The SMILES string of the molecule is CSc1ncccc1C(=O)N[C@H](CO)Cc1ccccc1. The molecule has 5 heteroatoms. The average molecular weight is 302 g/mol. The number of amides is 1. The van der Waals surface area contributed by atoms with Crippen LogP contribution in [0.1, 0.15) is 15.9 Å². The molecule has 0 radical (unpaired) electrons. The first kappa shape index (κ1) is 15.5. The van der Waals surface area contributed by atoms with Gasteiger partial charge in [-0.2, -0.15) is 0 Å². The number of aromatic nitrogens is 1. The second-order valence-corrected chi connectivity index (χ2v) is 5.40. The molecule has 0 unspecified atom stereocenters. The van der Waals surface area contributed by atoms with Crippen LogP contribution in [-0.4, -0.2) is 34.9 Å². The van der Waals surface area contributed by atoms with E-state index in [-0.39, 0.29) is 18.6 Å². The van der Waals surface area contributed by atoms with E-state index in [1.807, 2.05) is 36.6 Å². The summed E-state index contributed by atoms with van der Waals surface area (Å²) < 4.78 is 0. The Labute approximate surface area is 128 Å². The Balaban J connectivity index is 2.06. The molecule has 2 N–H and O–H groups in total. The molecule has 1 amide bonds. The number of hydrogen-bond donors (Lipinski definition) is 2. The van der Waals surface area contributed by atoms with Crippen LogP contribution in [0.4, 0.5) is 0 Å². The third-order valence-electron chi connectivity index (χ3n) is 3.09. The van der Waals surface area contributed by atoms with Crippen LogP contribution in [0.5, 0.6) is 0 Å². The molecule has 0 spiro atoms. The summed E-state index contributed by atoms with van der Waals surface area (Å²) in [5.74, 6) is -0.206. The largest absolute Gasteiger partial charge is 0.394 e. The molecule has 21 heavy (non-hydrogen) atoms. The van der Waals surface area contributed by atoms with E-state index in [0.717, 1.165) is 5.56 Å². The molecule has 2 aromatic rings. The Hall–Kier alpha value is -1.85. The number of thioether (sulfide) groups is 1. The Bertz CT molecular complexity index is 590. The van der Waals surface area contributed by atoms with E-state index < -0.39 is 0 Å². The maximum absolute atomic E-state index is 12.3. The topological polar surface area (TPSA) is 62.2 Å². The second-order valence-electron chi connectivity index (χ2n) is 4.60. The Morgan fingerprint density at radius 2 is 2.05 bits per heavy atom. The highest BCUT2D eigenvalue weighted by molar-refractivity contribution is 7.98. The summed E-state index contributed by atoms with van der Waals surface area (Å²) in [6.45, 7) is -0.102. The Morgan fingerprint density at radius 3 is 2.71 bits per heavy atom. The highest BCUT2D eigenvalue weighted by Gasteiger charge is 2.16. The number of carbonyl (C=O) groups excluding carboxylic acids is 1. The van der Waals surface area contributed by atoms with E-state index in [9.17, 15) is 9.90 Å². The van der Waals surface area contributed by atoms with Gasteiger partial charge < -0.3 is 10.4 Å². The number of aliphatic hydroxyl groups excluding tert-OH is 1. The Kier molecular flexibility index (Phi) is 5.78. The van der Waals surface area contributed by atoms with Gasteiger partial charge in [0.05, 0.1) is 18.2 Å². The third-order valence-corrected chi connectivity index (χ3v) is 3.80. The van der Waals surface area contributed by atoms with Crippen LogP contribution < -0.4 is 5.32 Å². The summed E-state index contributed by atoms with van der Waals surface area (Å²) in [5, 5.41) is 13.0. The maximum Gasteiger partial charge on any atom is 0.254 e. The summed E-state index contributed by atoms with van der Waals surface area (Å²) in [6.07, 6.45) is 4.14. The lowest BCUT2D eigenvalue weighted by Crippen LogP contribution is -2.39. The lowest BCUT2D eigenvalue weighted by molar-refractivity contribution is 0.0913. The van der Waals surface area contributed by atoms with Gasteiger partial charge in [0.1, 0.15) is 5.03 Å². The number of hydrogen-bond acceptors (Lipinski definition) is 4. The van der Waals surface area contributed by atoms with Gasteiger partial charge in [-0.3, -0.25) is 4.79 Å². The molecule has 1 aromatic carbocycles. The number of pyridine rings is 1. The molecule has 0 fully saturated rings. The first-order valence-electron chi connectivity index (χ1n) is 6.69. The molecule has 4 nitrogen and oxygen atoms in total. The van der Waals surface area contributed by atoms with Gasteiger partial charge in [0, 0.05) is 6.20 Å². The van der Waals surface area contributed by atoms with Crippen molar-refractivity contribution in [1.82, 2.24) is 10.3 Å². The van der Waals surface area contributed by atoms with Crippen molar-refractivity contribution in [3.63, 3.8) is 0 Å². The van der Waals surface area contributed by atoms with Crippen LogP contribution in [0.2, 0.25) is 0 Å². The summed E-state index contributed by atoms with van der Waals surface area (Å²) in [4.78, 5) is 16.5. The first-order chi connectivity index (χ1) is 10.2. The maximum atomic E-state index is 12.3. The van der Waals surface area contributed by atoms with Crippen LogP contribution in [0, 0.1) is 0 Å². The molecule has 1 atom stereocenters. The van der Waals surface area contributed by atoms with E-state index in [1.54, 1.807) is 18.3 Å². The molecule has 1 heterocycles. The minimum atomic E-state index is -0.310. The fourth-order valence-electron chi connectivity index (χ4n) is 2.05. The summed E-state index contributed by atoms with van der Waals surface area (Å²) >= 11 is 1.43. The van der Waals surface area contributed by atoms with E-state index in [4.69, 9.17) is 0 Å². The van der Waals surface area contributed by atoms with Gasteiger partial charge in [0.25, 0.3) is 5.91 Å². The average Bonchev–Trinajstić information content (AvgIpc) is 2.55. The molecular weight excluding hydrogens is 284 g/mol. The minimum absolute atomic E-state index is 0.102. The van der Waals surface area contributed by atoms with Crippen LogP contribution in [-0.2, 0) is 6.42 Å². The van der Waals surface area contributed by atoms with Crippen molar-refractivity contribution in [3.05, 3.63) is 59.8 Å². The highest BCUT2D eigenvalue weighted by atomic mass is 32.2. The number of rotatable bonds is 6. The zero-order valence-electron chi connectivity index (χ0n) is 11.8. The third kappa shape index (κ3) is 4.31. The monoisotopic (exact) mass is 302 g/mol. The molecular formula is C16H18N2O2S. The van der Waals surface area contributed by atoms with E-state index in [2.05, 4.69) is 10.3 Å². The number of nitrogens with zero attached hydrogens (tertiary/aromatic N) is 1. The van der Waals surface area contributed by atoms with Gasteiger partial charge in [-0.15, -0.1) is 11.8 Å². The fraction of sp³-hybridized carbons (Fsp3) is 0.250. The van der Waals surface area contributed by atoms with Crippen molar-refractivity contribution in [2.45, 2.75) is 17.5 Å². The number of carbonyl (C=O) groups is 1. The Morgan fingerprint density at radius 1 is 1.29 bits per heavy atom. The smallest absolute Gasteiger partial charge is 0.254 e. The standard InChI is InChI=1S/C16H18N2O2S/c1-21-16-14(8-5-9-17-16)15(20)18-13(11-19)10-12-6-3-2-4-7-12/h2-9,13,19H,10-11H2,1H3,(H,18,20)/t13-/m0/s1. The van der Waals surface area contributed by atoms with Crippen molar-refractivity contribution < 1.29 is 9.90 Å². The second kappa shape index (κ2) is 7.81. The van der Waals surface area contributed by atoms with Crippen LogP contribution in [0.25, 0.3) is 0 Å². The molecule has 0 bridgehead atoms. The van der Waals surface area contributed by atoms with Crippen molar-refractivity contribution in [3.8, 4) is 0 Å². The first-order valence-corrected chi connectivity index (χ1v) is 7.91. The molecule has 1 aromatic heterocycles. The number of benzene rings is 1. The van der Waals surface area contributed by atoms with Gasteiger partial charge in [-0.25, -0.2) is 4.98 Å². The molecule has 0 saturated carbocycles. The molecule has 0 aliphatic carbocycles. The van der Waals surface area contributed by atoms with Crippen molar-refractivity contribution in [2.24, 2.45) is 0 Å². The molecule has 0 aliphatic heterocycles. The summed E-state index contributed by atoms with van der Waals surface area (Å²) in [6, 6.07) is 13.0. The lowest BCUT2D eigenvalue weighted by Gasteiger charge is -2.17. The zero-order chi connectivity index (χ0) is 15.1. The minimum Gasteiger partial charge on any atom is -0.394 e. The van der Waals surface area contributed by atoms with Gasteiger partial charge in [-0.05, 0) is 30.4 Å². The molecule has 2 rings (SSSR count). The normalized spacial score (nSPS) is 11.9. The zero-order valence-corrected chi connectivity index (χ0v) is 12.6. The van der Waals surface area contributed by atoms with Crippen molar-refractivity contribution >= 4 is 17.7 Å². The molecule has 0 aliphatic rings. The number of aliphatic hydroxyl groups is 1. The van der Waals surface area contributed by atoms with Crippen LogP contribution >= 0.6 is 11.8 Å². The van der Waals surface area contributed by atoms with Crippen LogP contribution in [0.15, 0.2) is 53.7 Å². The highest BCUT2D eigenvalue weighted by Crippen LogP contribution is 2.16. The summed E-state index contributed by atoms with van der Waals surface area (Å²) in [7, 11) is 0. The van der Waals surface area contributed by atoms with Crippen LogP contribution in [0.3, 0.4) is 0 Å². The van der Waals surface area contributed by atoms with Gasteiger partial charge in [-0.1, -0.05) is 30.3 Å². The van der Waals surface area contributed by atoms with E-state index in [1.165, 1.54) is 11.8 Å². The van der Waals surface area contributed by atoms with Gasteiger partial charge in [0.15, 0.2) is 0 Å². The van der Waals surface area contributed by atoms with Gasteiger partial charge >= 0.3 is 0 Å². The van der Waals surface area contributed by atoms with E-state index in [0.29, 0.717) is 17.0 Å². The fourth-order valence-corrected chi connectivity index (χ4v) is 2.60. The molecule has 110 valence electrons. The number of nitrogens with one attached hydrogen (secondary N) is 1. The predicted molar refractivity (Wildman–Crippen MR) is 84.5 cm³/mol. The van der Waals surface area contributed by atoms with Crippen molar-refractivity contribution in [1.29, 1.82) is 0 Å². The quantitative estimate of drug-likeness (QED) is 0.803. The predicted octanol–water partition coefficient (Wildman–Crippen LogP) is 2.14.